The number of hydrogen-bond donors (Lipinski definition) is 1. The average molecular weight is 285 g/mol. The van der Waals surface area contributed by atoms with E-state index in [-0.39, 0.29) is 6.04 Å². The van der Waals surface area contributed by atoms with Crippen LogP contribution in [0.5, 0.6) is 11.5 Å². The zero-order valence-corrected chi connectivity index (χ0v) is 13.1. The molecule has 0 amide bonds. The van der Waals surface area contributed by atoms with Crippen molar-refractivity contribution >= 4 is 0 Å². The lowest BCUT2D eigenvalue weighted by Crippen LogP contribution is -2.24. The molecule has 0 aliphatic carbocycles. The molecule has 0 spiro atoms. The average Bonchev–Trinajstić information content (AvgIpc) is 2.50. The van der Waals surface area contributed by atoms with Gasteiger partial charge < -0.3 is 14.8 Å². The Hall–Kier alpha value is -2.00. The zero-order chi connectivity index (χ0) is 15.2. The van der Waals surface area contributed by atoms with Gasteiger partial charge in [-0.05, 0) is 56.3 Å². The van der Waals surface area contributed by atoms with Crippen LogP contribution in [0.4, 0.5) is 0 Å². The predicted molar refractivity (Wildman–Crippen MR) is 86.2 cm³/mol. The highest BCUT2D eigenvalue weighted by Gasteiger charge is 2.12. The van der Waals surface area contributed by atoms with Gasteiger partial charge in [-0.3, -0.25) is 0 Å². The van der Waals surface area contributed by atoms with Crippen LogP contribution in [0.1, 0.15) is 22.7 Å². The van der Waals surface area contributed by atoms with Crippen molar-refractivity contribution in [3.05, 3.63) is 59.2 Å². The third-order valence-electron chi connectivity index (χ3n) is 3.63. The van der Waals surface area contributed by atoms with Gasteiger partial charge in [-0.25, -0.2) is 0 Å². The maximum Gasteiger partial charge on any atom is 0.119 e. The summed E-state index contributed by atoms with van der Waals surface area (Å²) in [7, 11) is 3.62. The number of rotatable bonds is 6. The molecule has 0 saturated heterocycles. The van der Waals surface area contributed by atoms with E-state index in [0.29, 0.717) is 6.61 Å². The number of nitrogens with one attached hydrogen (secondary N) is 1. The summed E-state index contributed by atoms with van der Waals surface area (Å²) in [5.74, 6) is 1.68. The Balaban J connectivity index is 2.04. The maximum absolute atomic E-state index is 5.88. The Morgan fingerprint density at radius 1 is 1.00 bits per heavy atom. The fourth-order valence-electron chi connectivity index (χ4n) is 2.40. The maximum atomic E-state index is 5.88. The number of likely N-dealkylation sites (N-methyl/N-ethyl adjacent to an activating group) is 1. The van der Waals surface area contributed by atoms with Crippen molar-refractivity contribution in [1.82, 2.24) is 5.32 Å². The molecular formula is C18H23NO2. The van der Waals surface area contributed by atoms with Crippen molar-refractivity contribution in [3.8, 4) is 11.5 Å². The molecule has 1 atom stereocenters. The van der Waals surface area contributed by atoms with E-state index in [1.807, 2.05) is 31.3 Å². The van der Waals surface area contributed by atoms with Gasteiger partial charge in [0.15, 0.2) is 0 Å². The molecule has 0 aliphatic heterocycles. The Morgan fingerprint density at radius 2 is 1.67 bits per heavy atom. The largest absolute Gasteiger partial charge is 0.497 e. The minimum atomic E-state index is 0.174. The lowest BCUT2D eigenvalue weighted by molar-refractivity contribution is 0.272. The Kier molecular flexibility index (Phi) is 5.23. The monoisotopic (exact) mass is 285 g/mol. The summed E-state index contributed by atoms with van der Waals surface area (Å²) in [6, 6.07) is 14.3. The first-order valence-corrected chi connectivity index (χ1v) is 7.15. The highest BCUT2D eigenvalue weighted by molar-refractivity contribution is 5.34. The number of benzene rings is 2. The van der Waals surface area contributed by atoms with Crippen LogP contribution < -0.4 is 14.8 Å². The first-order valence-electron chi connectivity index (χ1n) is 7.15. The van der Waals surface area contributed by atoms with Gasteiger partial charge in [0.05, 0.1) is 13.2 Å². The molecule has 1 N–H and O–H groups in total. The number of ether oxygens (including phenoxy) is 2. The van der Waals surface area contributed by atoms with Gasteiger partial charge in [-0.1, -0.05) is 23.8 Å². The lowest BCUT2D eigenvalue weighted by atomic mass is 10.00. The van der Waals surface area contributed by atoms with Crippen molar-refractivity contribution in [2.75, 3.05) is 20.8 Å². The minimum absolute atomic E-state index is 0.174. The molecule has 0 radical (unpaired) electrons. The van der Waals surface area contributed by atoms with Crippen LogP contribution in [-0.2, 0) is 0 Å². The van der Waals surface area contributed by atoms with Gasteiger partial charge in [0.2, 0.25) is 0 Å². The van der Waals surface area contributed by atoms with Crippen LogP contribution in [0, 0.1) is 13.8 Å². The molecule has 3 nitrogen and oxygen atoms in total. The second-order valence-electron chi connectivity index (χ2n) is 5.19. The number of methoxy groups -OCH3 is 1. The van der Waals surface area contributed by atoms with E-state index in [2.05, 4.69) is 37.4 Å². The highest BCUT2D eigenvalue weighted by Crippen LogP contribution is 2.22. The molecule has 2 aromatic carbocycles. The van der Waals surface area contributed by atoms with Crippen LogP contribution in [0.15, 0.2) is 42.5 Å². The fraction of sp³-hybridized carbons (Fsp3) is 0.333. The molecule has 0 bridgehead atoms. The van der Waals surface area contributed by atoms with Gasteiger partial charge in [0.25, 0.3) is 0 Å². The molecule has 0 saturated carbocycles. The second-order valence-corrected chi connectivity index (χ2v) is 5.19. The van der Waals surface area contributed by atoms with Gasteiger partial charge in [-0.2, -0.15) is 0 Å². The van der Waals surface area contributed by atoms with E-state index in [1.54, 1.807) is 7.11 Å². The minimum Gasteiger partial charge on any atom is -0.497 e. The summed E-state index contributed by atoms with van der Waals surface area (Å²) in [5, 5.41) is 3.32. The molecule has 0 aliphatic rings. The molecule has 2 rings (SSSR count). The highest BCUT2D eigenvalue weighted by atomic mass is 16.5. The summed E-state index contributed by atoms with van der Waals surface area (Å²) in [5.41, 5.74) is 3.84. The third-order valence-corrected chi connectivity index (χ3v) is 3.63. The molecule has 21 heavy (non-hydrogen) atoms. The van der Waals surface area contributed by atoms with Gasteiger partial charge in [0, 0.05) is 0 Å². The van der Waals surface area contributed by atoms with Crippen LogP contribution >= 0.6 is 0 Å². The van der Waals surface area contributed by atoms with Crippen molar-refractivity contribution in [1.29, 1.82) is 0 Å². The molecule has 0 aromatic heterocycles. The third kappa shape index (κ3) is 3.99. The van der Waals surface area contributed by atoms with Gasteiger partial charge in [0.1, 0.15) is 18.1 Å². The van der Waals surface area contributed by atoms with E-state index in [0.717, 1.165) is 11.5 Å². The standard InChI is InChI=1S/C18H23NO2/c1-13-5-10-17(14(2)11-13)18(19-3)12-21-16-8-6-15(20-4)7-9-16/h5-11,18-19H,12H2,1-4H3. The summed E-state index contributed by atoms with van der Waals surface area (Å²) >= 11 is 0. The number of aryl methyl sites for hydroxylation is 2. The molecular weight excluding hydrogens is 262 g/mol. The van der Waals surface area contributed by atoms with Gasteiger partial charge >= 0.3 is 0 Å². The van der Waals surface area contributed by atoms with Crippen LogP contribution in [0.3, 0.4) is 0 Å². The fourth-order valence-corrected chi connectivity index (χ4v) is 2.40. The lowest BCUT2D eigenvalue weighted by Gasteiger charge is -2.20. The van der Waals surface area contributed by atoms with Crippen molar-refractivity contribution < 1.29 is 9.47 Å². The van der Waals surface area contributed by atoms with Crippen LogP contribution in [0.2, 0.25) is 0 Å². The molecule has 0 heterocycles. The molecule has 1 unspecified atom stereocenters. The van der Waals surface area contributed by atoms with Crippen LogP contribution in [-0.4, -0.2) is 20.8 Å². The number of hydrogen-bond acceptors (Lipinski definition) is 3. The normalized spacial score (nSPS) is 12.0. The predicted octanol–water partition coefficient (Wildman–Crippen LogP) is 3.65. The molecule has 3 heteroatoms. The molecule has 2 aromatic rings. The summed E-state index contributed by atoms with van der Waals surface area (Å²) in [6.45, 7) is 4.84. The second kappa shape index (κ2) is 7.14. The summed E-state index contributed by atoms with van der Waals surface area (Å²) in [4.78, 5) is 0. The first-order chi connectivity index (χ1) is 10.1. The van der Waals surface area contributed by atoms with E-state index in [4.69, 9.17) is 9.47 Å². The molecule has 112 valence electrons. The van der Waals surface area contributed by atoms with E-state index in [9.17, 15) is 0 Å². The van der Waals surface area contributed by atoms with Crippen molar-refractivity contribution in [2.45, 2.75) is 19.9 Å². The Morgan fingerprint density at radius 3 is 2.24 bits per heavy atom. The SMILES string of the molecule is CNC(COc1ccc(OC)cc1)c1ccc(C)cc1C. The Bertz CT molecular complexity index is 578. The van der Waals surface area contributed by atoms with Gasteiger partial charge in [-0.15, -0.1) is 0 Å². The zero-order valence-electron chi connectivity index (χ0n) is 13.1. The van der Waals surface area contributed by atoms with Crippen LogP contribution in [0.25, 0.3) is 0 Å². The molecule has 0 fully saturated rings. The Labute approximate surface area is 126 Å². The first kappa shape index (κ1) is 15.4. The summed E-state index contributed by atoms with van der Waals surface area (Å²) < 4.78 is 11.0. The van der Waals surface area contributed by atoms with Crippen molar-refractivity contribution in [3.63, 3.8) is 0 Å². The van der Waals surface area contributed by atoms with E-state index in [1.165, 1.54) is 16.7 Å². The van der Waals surface area contributed by atoms with E-state index < -0.39 is 0 Å². The smallest absolute Gasteiger partial charge is 0.119 e. The van der Waals surface area contributed by atoms with E-state index >= 15 is 0 Å². The summed E-state index contributed by atoms with van der Waals surface area (Å²) in [6.07, 6.45) is 0. The topological polar surface area (TPSA) is 30.5 Å². The quantitative estimate of drug-likeness (QED) is 0.878. The van der Waals surface area contributed by atoms with Crippen molar-refractivity contribution in [2.24, 2.45) is 0 Å².